The van der Waals surface area contributed by atoms with E-state index < -0.39 is 29.7 Å². The SMILES string of the molecule is C#Cc1c(F)ccc2c1N([C@H]1COc3c(nc(OC[C@]4(C)C[C@@H](F)CN4c4ccc(N5CCOC[C@H]5C)nc4)nc3N3C[C@H]4CC(C#N)[C@@H](C3)N4C(=O)C=C)C1)C[C@H](O)C2. The van der Waals surface area contributed by atoms with Gasteiger partial charge in [0, 0.05) is 45.4 Å². The van der Waals surface area contributed by atoms with Crippen LogP contribution in [-0.4, -0.2) is 132 Å². The van der Waals surface area contributed by atoms with E-state index in [1.807, 2.05) is 33.8 Å². The van der Waals surface area contributed by atoms with E-state index in [1.54, 1.807) is 17.2 Å². The Morgan fingerprint density at radius 2 is 2.00 bits per heavy atom. The summed E-state index contributed by atoms with van der Waals surface area (Å²) in [6, 6.07) is 8.54. The molecule has 8 heterocycles. The zero-order valence-electron chi connectivity index (χ0n) is 33.8. The maximum atomic E-state index is 15.4. The largest absolute Gasteiger partial charge is 0.486 e. The molecule has 2 bridgehead atoms. The van der Waals surface area contributed by atoms with Gasteiger partial charge in [-0.25, -0.2) is 13.8 Å². The van der Waals surface area contributed by atoms with E-state index in [0.717, 1.165) is 23.6 Å². The van der Waals surface area contributed by atoms with Crippen LogP contribution < -0.4 is 29.1 Å². The van der Waals surface area contributed by atoms with E-state index >= 15 is 8.78 Å². The number of aromatic nitrogens is 3. The summed E-state index contributed by atoms with van der Waals surface area (Å²) in [7, 11) is 0. The molecule has 1 unspecified atom stereocenters. The molecule has 0 spiro atoms. The summed E-state index contributed by atoms with van der Waals surface area (Å²) in [4.78, 5) is 37.5. The number of hydrogen-bond acceptors (Lipinski definition) is 13. The number of rotatable bonds is 8. The Bertz CT molecular complexity index is 2250. The first-order chi connectivity index (χ1) is 29.0. The zero-order chi connectivity index (χ0) is 41.9. The van der Waals surface area contributed by atoms with E-state index in [1.165, 1.54) is 12.1 Å². The molecule has 4 saturated heterocycles. The van der Waals surface area contributed by atoms with Crippen LogP contribution in [0, 0.1) is 35.4 Å². The molecule has 314 valence electrons. The molecule has 1 amide bonds. The van der Waals surface area contributed by atoms with Gasteiger partial charge in [-0.2, -0.15) is 15.2 Å². The summed E-state index contributed by atoms with van der Waals surface area (Å²) in [5.41, 5.74) is 1.96. The lowest BCUT2D eigenvalue weighted by Gasteiger charge is -2.44. The van der Waals surface area contributed by atoms with E-state index in [-0.39, 0.29) is 74.2 Å². The smallest absolute Gasteiger partial charge is 0.318 e. The number of fused-ring (bicyclic) bond motifs is 4. The molecule has 9 rings (SSSR count). The Morgan fingerprint density at radius 1 is 1.15 bits per heavy atom. The second-order valence-corrected chi connectivity index (χ2v) is 17.1. The standard InChI is InChI=1S/C44H49F2N9O5/c1-5-34-35(46)9-7-27-14-33(56)21-53(40(27)34)32-15-36-41(59-24-32)42(51-20-31-13-28(17-47)37(22-51)55(31)39(57)6-2)50-43(49-36)60-25-44(4)16-29(45)19-54(44)30-8-10-38(48-18-30)52-11-12-58-23-26(52)3/h1,6-10,18,26,28-29,31-33,37,56H,2,11-16,19-25H2,3-4H3/t26-,28?,29-,31-,32-,33-,37-,44+/m1/s1. The van der Waals surface area contributed by atoms with Crippen LogP contribution in [0.2, 0.25) is 0 Å². The number of carbonyl (C=O) groups is 1. The third-order valence-corrected chi connectivity index (χ3v) is 13.1. The van der Waals surface area contributed by atoms with Crippen LogP contribution in [0.3, 0.4) is 0 Å². The van der Waals surface area contributed by atoms with Crippen LogP contribution in [0.5, 0.6) is 11.8 Å². The first-order valence-electron chi connectivity index (χ1n) is 20.7. The monoisotopic (exact) mass is 821 g/mol. The number of β-amino-alcohol motifs (C(OH)–C–C–N with tert-alkyl or cyclic N) is 1. The number of aliphatic hydroxyl groups is 1. The van der Waals surface area contributed by atoms with Gasteiger partial charge >= 0.3 is 6.01 Å². The number of alkyl halides is 1. The van der Waals surface area contributed by atoms with Crippen LogP contribution in [-0.2, 0) is 22.4 Å². The topological polar surface area (TPSA) is 144 Å². The first kappa shape index (κ1) is 39.7. The maximum absolute atomic E-state index is 15.4. The zero-order valence-corrected chi connectivity index (χ0v) is 33.8. The molecule has 4 fully saturated rings. The Labute approximate surface area is 348 Å². The van der Waals surface area contributed by atoms with Gasteiger partial charge in [-0.05, 0) is 50.1 Å². The number of halogens is 2. The number of piperazine rings is 1. The molecule has 6 aliphatic heterocycles. The van der Waals surface area contributed by atoms with Gasteiger partial charge in [0.05, 0.1) is 96.4 Å². The van der Waals surface area contributed by atoms with Gasteiger partial charge in [-0.3, -0.25) is 4.79 Å². The molecule has 16 heteroatoms. The lowest BCUT2D eigenvalue weighted by atomic mass is 9.93. The summed E-state index contributed by atoms with van der Waals surface area (Å²) in [5.74, 6) is 3.17. The minimum absolute atomic E-state index is 0.0536. The van der Waals surface area contributed by atoms with Crippen LogP contribution in [0.15, 0.2) is 43.1 Å². The second kappa shape index (κ2) is 15.7. The van der Waals surface area contributed by atoms with Crippen molar-refractivity contribution in [1.82, 2.24) is 19.9 Å². The van der Waals surface area contributed by atoms with Gasteiger partial charge in [0.2, 0.25) is 5.91 Å². The minimum Gasteiger partial charge on any atom is -0.486 e. The fourth-order valence-electron chi connectivity index (χ4n) is 10.2. The van der Waals surface area contributed by atoms with Crippen molar-refractivity contribution in [2.45, 2.75) is 81.5 Å². The number of benzene rings is 1. The number of pyridine rings is 1. The van der Waals surface area contributed by atoms with Crippen molar-refractivity contribution in [3.8, 4) is 30.2 Å². The average molecular weight is 822 g/mol. The van der Waals surface area contributed by atoms with Crippen LogP contribution in [0.1, 0.15) is 43.5 Å². The molecule has 1 aromatic carbocycles. The Morgan fingerprint density at radius 3 is 2.75 bits per heavy atom. The highest BCUT2D eigenvalue weighted by atomic mass is 19.1. The fraction of sp³-hybridized carbons (Fsp3) is 0.523. The molecule has 0 saturated carbocycles. The van der Waals surface area contributed by atoms with Gasteiger partial charge in [-0.15, -0.1) is 6.42 Å². The Hall–Kier alpha value is -5.71. The molecule has 0 aliphatic carbocycles. The third-order valence-electron chi connectivity index (χ3n) is 13.1. The van der Waals surface area contributed by atoms with Gasteiger partial charge in [0.15, 0.2) is 11.6 Å². The third kappa shape index (κ3) is 6.99. The summed E-state index contributed by atoms with van der Waals surface area (Å²) in [5, 5.41) is 21.0. The number of anilines is 4. The van der Waals surface area contributed by atoms with Crippen molar-refractivity contribution in [2.75, 3.05) is 78.8 Å². The lowest BCUT2D eigenvalue weighted by Crippen LogP contribution is -2.56. The molecule has 0 radical (unpaired) electrons. The Balaban J connectivity index is 1.03. The normalized spacial score (nSPS) is 29.6. The second-order valence-electron chi connectivity index (χ2n) is 17.1. The van der Waals surface area contributed by atoms with Crippen molar-refractivity contribution < 1.29 is 32.9 Å². The molecule has 1 N–H and O–H groups in total. The highest BCUT2D eigenvalue weighted by molar-refractivity contribution is 5.88. The maximum Gasteiger partial charge on any atom is 0.318 e. The molecule has 8 atom stereocenters. The highest BCUT2D eigenvalue weighted by Crippen LogP contribution is 2.44. The predicted octanol–water partition coefficient (Wildman–Crippen LogP) is 3.45. The van der Waals surface area contributed by atoms with Crippen molar-refractivity contribution >= 4 is 28.9 Å². The molecule has 3 aromatic rings. The van der Waals surface area contributed by atoms with Crippen molar-refractivity contribution in [3.63, 3.8) is 0 Å². The van der Waals surface area contributed by atoms with E-state index in [0.29, 0.717) is 68.5 Å². The Kier molecular flexibility index (Phi) is 10.4. The molecule has 60 heavy (non-hydrogen) atoms. The molecule has 14 nitrogen and oxygen atoms in total. The number of nitriles is 1. The first-order valence-corrected chi connectivity index (χ1v) is 20.7. The predicted molar refractivity (Wildman–Crippen MR) is 220 cm³/mol. The summed E-state index contributed by atoms with van der Waals surface area (Å²) in [6.07, 6.45) is 8.48. The van der Waals surface area contributed by atoms with Gasteiger partial charge in [-0.1, -0.05) is 18.6 Å². The van der Waals surface area contributed by atoms with Crippen LogP contribution in [0.4, 0.5) is 31.8 Å². The lowest BCUT2D eigenvalue weighted by molar-refractivity contribution is -0.129. The van der Waals surface area contributed by atoms with E-state index in [9.17, 15) is 15.2 Å². The summed E-state index contributed by atoms with van der Waals surface area (Å²) < 4.78 is 49.2. The van der Waals surface area contributed by atoms with Crippen LogP contribution in [0.25, 0.3) is 0 Å². The molecule has 6 aliphatic rings. The molecule has 2 aromatic heterocycles. The minimum atomic E-state index is -1.11. The number of morpholine rings is 1. The van der Waals surface area contributed by atoms with Crippen molar-refractivity contribution in [1.29, 1.82) is 5.26 Å². The van der Waals surface area contributed by atoms with Crippen molar-refractivity contribution in [3.05, 3.63) is 65.8 Å². The quantitative estimate of drug-likeness (QED) is 0.262. The summed E-state index contributed by atoms with van der Waals surface area (Å²) >= 11 is 0. The number of amides is 1. The number of ether oxygens (including phenoxy) is 3. The van der Waals surface area contributed by atoms with E-state index in [4.69, 9.17) is 35.6 Å². The highest BCUT2D eigenvalue weighted by Gasteiger charge is 2.50. The number of nitrogens with zero attached hydrogens (tertiary/aromatic N) is 9. The van der Waals surface area contributed by atoms with Crippen LogP contribution >= 0.6 is 0 Å². The van der Waals surface area contributed by atoms with Gasteiger partial charge in [0.25, 0.3) is 0 Å². The number of carbonyl (C=O) groups excluding carboxylic acids is 1. The number of aliphatic hydroxyl groups excluding tert-OH is 1. The van der Waals surface area contributed by atoms with Gasteiger partial charge in [0.1, 0.15) is 31.0 Å². The van der Waals surface area contributed by atoms with Gasteiger partial charge < -0.3 is 43.8 Å². The number of terminal acetylenes is 1. The molecular formula is C44H49F2N9O5. The van der Waals surface area contributed by atoms with Crippen molar-refractivity contribution in [2.24, 2.45) is 5.92 Å². The average Bonchev–Trinajstić information content (AvgIpc) is 3.68. The van der Waals surface area contributed by atoms with E-state index in [2.05, 4.69) is 30.4 Å². The fourth-order valence-corrected chi connectivity index (χ4v) is 10.2. The summed E-state index contributed by atoms with van der Waals surface area (Å²) in [6.45, 7) is 11.1. The molecular weight excluding hydrogens is 773 g/mol. The number of hydrogen-bond donors (Lipinski definition) is 1.